The number of thiocarbonyl (C=S) groups is 1. The second-order valence-electron chi connectivity index (χ2n) is 6.27. The molecule has 0 aliphatic heterocycles. The smallest absolute Gasteiger partial charge is 0.257 e. The van der Waals surface area contributed by atoms with Crippen LogP contribution in [0.15, 0.2) is 36.4 Å². The topological polar surface area (TPSA) is 97.9 Å². The predicted molar refractivity (Wildman–Crippen MR) is 124 cm³/mol. The fraction of sp³-hybridized carbons (Fsp3) is 0.318. The SMILES string of the molecule is CCOc1cc(C(=O)NC(=S)Nc2ccc(NC(C)=O)cc2)cc(OCC)c1OCC. The lowest BCUT2D eigenvalue weighted by Gasteiger charge is -2.17. The minimum atomic E-state index is -0.419. The molecule has 9 heteroatoms. The van der Waals surface area contributed by atoms with Crippen molar-refractivity contribution >= 4 is 40.5 Å². The van der Waals surface area contributed by atoms with Crippen LogP contribution >= 0.6 is 12.2 Å². The van der Waals surface area contributed by atoms with E-state index in [0.717, 1.165) is 0 Å². The molecule has 2 rings (SSSR count). The van der Waals surface area contributed by atoms with Crippen LogP contribution < -0.4 is 30.2 Å². The van der Waals surface area contributed by atoms with Gasteiger partial charge in [0, 0.05) is 23.9 Å². The Kier molecular flexibility index (Phi) is 9.08. The number of hydrogen-bond acceptors (Lipinski definition) is 6. The number of carbonyl (C=O) groups is 2. The van der Waals surface area contributed by atoms with E-state index in [2.05, 4.69) is 16.0 Å². The Bertz CT molecular complexity index is 904. The summed E-state index contributed by atoms with van der Waals surface area (Å²) in [6.07, 6.45) is 0. The van der Waals surface area contributed by atoms with E-state index in [1.807, 2.05) is 20.8 Å². The summed E-state index contributed by atoms with van der Waals surface area (Å²) < 4.78 is 16.9. The van der Waals surface area contributed by atoms with Gasteiger partial charge in [0.1, 0.15) is 0 Å². The van der Waals surface area contributed by atoms with E-state index in [4.69, 9.17) is 26.4 Å². The van der Waals surface area contributed by atoms with Gasteiger partial charge in [-0.15, -0.1) is 0 Å². The van der Waals surface area contributed by atoms with Gasteiger partial charge in [0.2, 0.25) is 11.7 Å². The highest BCUT2D eigenvalue weighted by molar-refractivity contribution is 7.80. The van der Waals surface area contributed by atoms with Crippen LogP contribution in [-0.2, 0) is 4.79 Å². The normalized spacial score (nSPS) is 10.1. The number of ether oxygens (including phenoxy) is 3. The average molecular weight is 446 g/mol. The quantitative estimate of drug-likeness (QED) is 0.503. The van der Waals surface area contributed by atoms with E-state index in [1.165, 1.54) is 6.92 Å². The molecule has 3 N–H and O–H groups in total. The van der Waals surface area contributed by atoms with E-state index >= 15 is 0 Å². The molecule has 31 heavy (non-hydrogen) atoms. The molecule has 0 radical (unpaired) electrons. The Morgan fingerprint density at radius 1 is 0.839 bits per heavy atom. The van der Waals surface area contributed by atoms with Gasteiger partial charge in [-0.2, -0.15) is 0 Å². The zero-order chi connectivity index (χ0) is 22.8. The Morgan fingerprint density at radius 3 is 1.77 bits per heavy atom. The molecule has 2 aromatic carbocycles. The molecule has 0 bridgehead atoms. The Hall–Kier alpha value is -3.33. The Labute approximate surface area is 187 Å². The fourth-order valence-corrected chi connectivity index (χ4v) is 2.91. The third-order valence-electron chi connectivity index (χ3n) is 3.86. The van der Waals surface area contributed by atoms with Crippen molar-refractivity contribution in [2.75, 3.05) is 30.5 Å². The van der Waals surface area contributed by atoms with E-state index in [-0.39, 0.29) is 11.0 Å². The maximum absolute atomic E-state index is 12.8. The van der Waals surface area contributed by atoms with Crippen LogP contribution in [0.4, 0.5) is 11.4 Å². The van der Waals surface area contributed by atoms with Crippen LogP contribution in [0.2, 0.25) is 0 Å². The molecule has 0 saturated heterocycles. The van der Waals surface area contributed by atoms with Gasteiger partial charge in [0.15, 0.2) is 16.6 Å². The highest BCUT2D eigenvalue weighted by Gasteiger charge is 2.19. The number of hydrogen-bond donors (Lipinski definition) is 3. The molecule has 0 saturated carbocycles. The van der Waals surface area contributed by atoms with Gasteiger partial charge in [-0.25, -0.2) is 0 Å². The average Bonchev–Trinajstić information content (AvgIpc) is 2.71. The van der Waals surface area contributed by atoms with Crippen LogP contribution in [0.25, 0.3) is 0 Å². The molecule has 0 aliphatic carbocycles. The van der Waals surface area contributed by atoms with E-state index in [0.29, 0.717) is 54.0 Å². The summed E-state index contributed by atoms with van der Waals surface area (Å²) in [5.41, 5.74) is 1.64. The maximum Gasteiger partial charge on any atom is 0.257 e. The first-order valence-electron chi connectivity index (χ1n) is 9.94. The molecule has 0 unspecified atom stereocenters. The van der Waals surface area contributed by atoms with Gasteiger partial charge in [0.05, 0.1) is 19.8 Å². The van der Waals surface area contributed by atoms with Gasteiger partial charge < -0.3 is 24.8 Å². The third kappa shape index (κ3) is 7.14. The number of carbonyl (C=O) groups excluding carboxylic acids is 2. The summed E-state index contributed by atoms with van der Waals surface area (Å²) in [6, 6.07) is 10.1. The number of amides is 2. The molecule has 2 aromatic rings. The molecule has 0 aliphatic rings. The van der Waals surface area contributed by atoms with Crippen molar-refractivity contribution in [3.05, 3.63) is 42.0 Å². The summed E-state index contributed by atoms with van der Waals surface area (Å²) in [5, 5.41) is 8.38. The summed E-state index contributed by atoms with van der Waals surface area (Å²) in [7, 11) is 0. The monoisotopic (exact) mass is 445 g/mol. The maximum atomic E-state index is 12.8. The van der Waals surface area contributed by atoms with Crippen molar-refractivity contribution in [2.45, 2.75) is 27.7 Å². The van der Waals surface area contributed by atoms with Crippen molar-refractivity contribution in [1.82, 2.24) is 5.32 Å². The summed E-state index contributed by atoms with van der Waals surface area (Å²) in [5.74, 6) is 0.734. The molecule has 2 amide bonds. The first-order chi connectivity index (χ1) is 14.9. The zero-order valence-corrected chi connectivity index (χ0v) is 18.9. The lowest BCUT2D eigenvalue weighted by Crippen LogP contribution is -2.34. The first kappa shape index (κ1) is 23.9. The molecule has 0 spiro atoms. The molecule has 0 heterocycles. The lowest BCUT2D eigenvalue weighted by molar-refractivity contribution is -0.114. The van der Waals surface area contributed by atoms with Crippen molar-refractivity contribution < 1.29 is 23.8 Å². The number of rotatable bonds is 9. The van der Waals surface area contributed by atoms with Gasteiger partial charge in [-0.1, -0.05) is 0 Å². The van der Waals surface area contributed by atoms with Gasteiger partial charge >= 0.3 is 0 Å². The first-order valence-corrected chi connectivity index (χ1v) is 10.3. The second kappa shape index (κ2) is 11.8. The largest absolute Gasteiger partial charge is 0.490 e. The van der Waals surface area contributed by atoms with Crippen LogP contribution in [-0.4, -0.2) is 36.7 Å². The van der Waals surface area contributed by atoms with E-state index < -0.39 is 5.91 Å². The Balaban J connectivity index is 2.14. The minimum absolute atomic E-state index is 0.127. The number of benzene rings is 2. The minimum Gasteiger partial charge on any atom is -0.490 e. The molecule has 166 valence electrons. The standard InChI is InChI=1S/C22H27N3O5S/c1-5-28-18-12-15(13-19(29-6-2)20(18)30-7-3)21(27)25-22(31)24-17-10-8-16(9-11-17)23-14(4)26/h8-13H,5-7H2,1-4H3,(H,23,26)(H2,24,25,27,31). The third-order valence-corrected chi connectivity index (χ3v) is 4.07. The van der Waals surface area contributed by atoms with E-state index in [1.54, 1.807) is 36.4 Å². The molecule has 0 aromatic heterocycles. The highest BCUT2D eigenvalue weighted by Crippen LogP contribution is 2.39. The zero-order valence-electron chi connectivity index (χ0n) is 18.0. The molecular formula is C22H27N3O5S. The van der Waals surface area contributed by atoms with Gasteiger partial charge in [0.25, 0.3) is 5.91 Å². The number of nitrogens with one attached hydrogen (secondary N) is 3. The molecular weight excluding hydrogens is 418 g/mol. The predicted octanol–water partition coefficient (Wildman–Crippen LogP) is 3.97. The van der Waals surface area contributed by atoms with Crippen molar-refractivity contribution in [1.29, 1.82) is 0 Å². The summed E-state index contributed by atoms with van der Waals surface area (Å²) in [4.78, 5) is 23.9. The second-order valence-corrected chi connectivity index (χ2v) is 6.68. The van der Waals surface area contributed by atoms with Crippen LogP contribution in [0, 0.1) is 0 Å². The van der Waals surface area contributed by atoms with Crippen molar-refractivity contribution in [3.8, 4) is 17.2 Å². The molecule has 0 atom stereocenters. The molecule has 0 fully saturated rings. The van der Waals surface area contributed by atoms with Crippen LogP contribution in [0.5, 0.6) is 17.2 Å². The van der Waals surface area contributed by atoms with Crippen LogP contribution in [0.1, 0.15) is 38.1 Å². The Morgan fingerprint density at radius 2 is 1.32 bits per heavy atom. The fourth-order valence-electron chi connectivity index (χ4n) is 2.70. The molecule has 8 nitrogen and oxygen atoms in total. The van der Waals surface area contributed by atoms with Gasteiger partial charge in [-0.05, 0) is 69.4 Å². The van der Waals surface area contributed by atoms with E-state index in [9.17, 15) is 9.59 Å². The van der Waals surface area contributed by atoms with Crippen molar-refractivity contribution in [3.63, 3.8) is 0 Å². The lowest BCUT2D eigenvalue weighted by atomic mass is 10.1. The van der Waals surface area contributed by atoms with Crippen molar-refractivity contribution in [2.24, 2.45) is 0 Å². The van der Waals surface area contributed by atoms with Crippen LogP contribution in [0.3, 0.4) is 0 Å². The highest BCUT2D eigenvalue weighted by atomic mass is 32.1. The number of anilines is 2. The summed E-state index contributed by atoms with van der Waals surface area (Å²) in [6.45, 7) is 8.24. The summed E-state index contributed by atoms with van der Waals surface area (Å²) >= 11 is 5.25. The van der Waals surface area contributed by atoms with Gasteiger partial charge in [-0.3, -0.25) is 14.9 Å².